The average Bonchev–Trinajstić information content (AvgIpc) is 3.14. The number of nitrogens with zero attached hydrogens (tertiary/aromatic N) is 3. The first-order valence-corrected chi connectivity index (χ1v) is 7.69. The summed E-state index contributed by atoms with van der Waals surface area (Å²) in [5.74, 6) is 1.05. The zero-order chi connectivity index (χ0) is 17.6. The SMILES string of the molecule is CCc1ccc(Oc2ncnc(NCc3ccco3)c2[N+](=O)[O-])cc1. The van der Waals surface area contributed by atoms with Gasteiger partial charge in [0.15, 0.2) is 0 Å². The van der Waals surface area contributed by atoms with Gasteiger partial charge in [0.25, 0.3) is 0 Å². The minimum Gasteiger partial charge on any atom is -0.467 e. The predicted octanol–water partition coefficient (Wildman–Crippen LogP) is 3.94. The van der Waals surface area contributed by atoms with Crippen molar-refractivity contribution in [2.45, 2.75) is 19.9 Å². The van der Waals surface area contributed by atoms with E-state index in [0.29, 0.717) is 11.5 Å². The zero-order valence-electron chi connectivity index (χ0n) is 13.5. The van der Waals surface area contributed by atoms with Crippen molar-refractivity contribution in [3.05, 3.63) is 70.4 Å². The van der Waals surface area contributed by atoms with Crippen LogP contribution in [0.2, 0.25) is 0 Å². The highest BCUT2D eigenvalue weighted by Crippen LogP contribution is 2.34. The Balaban J connectivity index is 1.84. The first-order valence-electron chi connectivity index (χ1n) is 7.69. The standard InChI is InChI=1S/C17H16N4O4/c1-2-12-5-7-13(8-6-12)25-17-15(21(22)23)16(19-11-20-17)18-10-14-4-3-9-24-14/h3-9,11H,2,10H2,1H3,(H,18,19,20). The van der Waals surface area contributed by atoms with Gasteiger partial charge >= 0.3 is 11.6 Å². The number of nitrogens with one attached hydrogen (secondary N) is 1. The highest BCUT2D eigenvalue weighted by Gasteiger charge is 2.25. The number of benzene rings is 1. The number of hydrogen-bond acceptors (Lipinski definition) is 7. The Morgan fingerprint density at radius 3 is 2.68 bits per heavy atom. The van der Waals surface area contributed by atoms with Crippen LogP contribution in [0.1, 0.15) is 18.2 Å². The van der Waals surface area contributed by atoms with Gasteiger partial charge in [0.2, 0.25) is 5.82 Å². The van der Waals surface area contributed by atoms with Crippen LogP contribution in [0.15, 0.2) is 53.4 Å². The molecule has 0 aliphatic heterocycles. The second-order valence-corrected chi connectivity index (χ2v) is 5.17. The van der Waals surface area contributed by atoms with Crippen LogP contribution in [0.3, 0.4) is 0 Å². The molecular weight excluding hydrogens is 324 g/mol. The number of rotatable bonds is 7. The van der Waals surface area contributed by atoms with E-state index in [1.54, 1.807) is 24.3 Å². The molecule has 0 spiro atoms. The summed E-state index contributed by atoms with van der Waals surface area (Å²) in [6, 6.07) is 10.8. The quantitative estimate of drug-likeness (QED) is 0.513. The fourth-order valence-electron chi connectivity index (χ4n) is 2.22. The maximum Gasteiger partial charge on any atom is 0.373 e. The van der Waals surface area contributed by atoms with Crippen LogP contribution in [-0.4, -0.2) is 14.9 Å². The molecule has 0 amide bonds. The number of aryl methyl sites for hydroxylation is 1. The van der Waals surface area contributed by atoms with Crippen LogP contribution in [0.4, 0.5) is 11.5 Å². The molecule has 2 aromatic heterocycles. The second kappa shape index (κ2) is 7.43. The summed E-state index contributed by atoms with van der Waals surface area (Å²) in [4.78, 5) is 18.8. The van der Waals surface area contributed by atoms with Crippen LogP contribution in [0, 0.1) is 10.1 Å². The molecule has 0 unspecified atom stereocenters. The molecule has 8 nitrogen and oxygen atoms in total. The summed E-state index contributed by atoms with van der Waals surface area (Å²) in [6.07, 6.45) is 3.64. The molecule has 128 valence electrons. The van der Waals surface area contributed by atoms with Crippen LogP contribution in [-0.2, 0) is 13.0 Å². The monoisotopic (exact) mass is 340 g/mol. The molecule has 25 heavy (non-hydrogen) atoms. The zero-order valence-corrected chi connectivity index (χ0v) is 13.5. The summed E-state index contributed by atoms with van der Waals surface area (Å²) in [7, 11) is 0. The molecule has 1 N–H and O–H groups in total. The number of furan rings is 1. The average molecular weight is 340 g/mol. The molecular formula is C17H16N4O4. The van der Waals surface area contributed by atoms with Gasteiger partial charge in [0.05, 0.1) is 17.7 Å². The smallest absolute Gasteiger partial charge is 0.373 e. The van der Waals surface area contributed by atoms with E-state index in [0.717, 1.165) is 12.0 Å². The Bertz CT molecular complexity index is 848. The normalized spacial score (nSPS) is 10.4. The van der Waals surface area contributed by atoms with Crippen molar-refractivity contribution < 1.29 is 14.1 Å². The van der Waals surface area contributed by atoms with Crippen molar-refractivity contribution in [2.24, 2.45) is 0 Å². The lowest BCUT2D eigenvalue weighted by molar-refractivity contribution is -0.385. The highest BCUT2D eigenvalue weighted by molar-refractivity contribution is 5.61. The summed E-state index contributed by atoms with van der Waals surface area (Å²) in [5.41, 5.74) is 0.818. The minimum atomic E-state index is -0.569. The van der Waals surface area contributed by atoms with Crippen LogP contribution in [0.5, 0.6) is 11.6 Å². The summed E-state index contributed by atoms with van der Waals surface area (Å²) < 4.78 is 10.8. The molecule has 2 heterocycles. The Morgan fingerprint density at radius 1 is 1.24 bits per heavy atom. The first kappa shape index (κ1) is 16.4. The largest absolute Gasteiger partial charge is 0.467 e. The van der Waals surface area contributed by atoms with Gasteiger partial charge in [-0.05, 0) is 36.2 Å². The van der Waals surface area contributed by atoms with Crippen molar-refractivity contribution in [3.63, 3.8) is 0 Å². The van der Waals surface area contributed by atoms with Gasteiger partial charge in [-0.25, -0.2) is 4.98 Å². The van der Waals surface area contributed by atoms with Gasteiger partial charge in [-0.3, -0.25) is 10.1 Å². The molecule has 0 saturated heterocycles. The van der Waals surface area contributed by atoms with Crippen LogP contribution < -0.4 is 10.1 Å². The summed E-state index contributed by atoms with van der Waals surface area (Å²) >= 11 is 0. The fraction of sp³-hybridized carbons (Fsp3) is 0.176. The van der Waals surface area contributed by atoms with Crippen LogP contribution >= 0.6 is 0 Å². The lowest BCUT2D eigenvalue weighted by atomic mass is 10.2. The Labute approximate surface area is 143 Å². The van der Waals surface area contributed by atoms with Crippen molar-refractivity contribution in [3.8, 4) is 11.6 Å². The van der Waals surface area contributed by atoms with E-state index < -0.39 is 4.92 Å². The predicted molar refractivity (Wildman–Crippen MR) is 90.6 cm³/mol. The molecule has 0 atom stereocenters. The van der Waals surface area contributed by atoms with Crippen molar-refractivity contribution in [1.82, 2.24) is 9.97 Å². The molecule has 0 saturated carbocycles. The maximum absolute atomic E-state index is 11.5. The summed E-state index contributed by atoms with van der Waals surface area (Å²) in [6.45, 7) is 2.30. The third-order valence-electron chi connectivity index (χ3n) is 3.53. The van der Waals surface area contributed by atoms with Gasteiger partial charge in [-0.2, -0.15) is 4.98 Å². The van der Waals surface area contributed by atoms with E-state index in [2.05, 4.69) is 15.3 Å². The van der Waals surface area contributed by atoms with E-state index in [1.807, 2.05) is 19.1 Å². The van der Waals surface area contributed by atoms with Gasteiger partial charge in [-0.1, -0.05) is 19.1 Å². The Kier molecular flexibility index (Phi) is 4.89. The minimum absolute atomic E-state index is 0.0663. The number of aromatic nitrogens is 2. The summed E-state index contributed by atoms with van der Waals surface area (Å²) in [5, 5.41) is 14.4. The van der Waals surface area contributed by atoms with E-state index in [-0.39, 0.29) is 23.9 Å². The van der Waals surface area contributed by atoms with E-state index >= 15 is 0 Å². The number of anilines is 1. The molecule has 0 aliphatic carbocycles. The number of hydrogen-bond donors (Lipinski definition) is 1. The topological polar surface area (TPSA) is 103 Å². The Hall–Kier alpha value is -3.42. The molecule has 0 aliphatic rings. The lowest BCUT2D eigenvalue weighted by Gasteiger charge is -2.09. The number of nitro groups is 1. The van der Waals surface area contributed by atoms with Crippen LogP contribution in [0.25, 0.3) is 0 Å². The lowest BCUT2D eigenvalue weighted by Crippen LogP contribution is -2.06. The third kappa shape index (κ3) is 3.92. The molecule has 1 aromatic carbocycles. The van der Waals surface area contributed by atoms with E-state index in [1.165, 1.54) is 12.6 Å². The van der Waals surface area contributed by atoms with Gasteiger partial charge in [-0.15, -0.1) is 0 Å². The Morgan fingerprint density at radius 2 is 2.04 bits per heavy atom. The van der Waals surface area contributed by atoms with Gasteiger partial charge in [0, 0.05) is 0 Å². The van der Waals surface area contributed by atoms with Crippen molar-refractivity contribution in [1.29, 1.82) is 0 Å². The molecule has 0 fully saturated rings. The number of ether oxygens (including phenoxy) is 1. The molecule has 3 rings (SSSR count). The van der Waals surface area contributed by atoms with E-state index in [4.69, 9.17) is 9.15 Å². The molecule has 0 radical (unpaired) electrons. The molecule has 8 heteroatoms. The van der Waals surface area contributed by atoms with Gasteiger partial charge in [0.1, 0.15) is 17.8 Å². The maximum atomic E-state index is 11.5. The van der Waals surface area contributed by atoms with Crippen molar-refractivity contribution in [2.75, 3.05) is 5.32 Å². The molecule has 0 bridgehead atoms. The highest BCUT2D eigenvalue weighted by atomic mass is 16.6. The third-order valence-corrected chi connectivity index (χ3v) is 3.53. The second-order valence-electron chi connectivity index (χ2n) is 5.17. The van der Waals surface area contributed by atoms with Gasteiger partial charge < -0.3 is 14.5 Å². The first-order chi connectivity index (χ1) is 12.2. The van der Waals surface area contributed by atoms with E-state index in [9.17, 15) is 10.1 Å². The fourth-order valence-corrected chi connectivity index (χ4v) is 2.22. The molecule has 3 aromatic rings. The van der Waals surface area contributed by atoms with Crippen molar-refractivity contribution >= 4 is 11.5 Å².